The number of amides is 2. The minimum Gasteiger partial charge on any atom is -0.495 e. The maximum Gasteiger partial charge on any atom is 0.419 e. The van der Waals surface area contributed by atoms with Crippen LogP contribution >= 0.6 is 0 Å². The van der Waals surface area contributed by atoms with Crippen LogP contribution in [0.1, 0.15) is 73.5 Å². The zero-order valence-corrected chi connectivity index (χ0v) is 24.0. The first-order valence-electron chi connectivity index (χ1n) is 13.4. The van der Waals surface area contributed by atoms with E-state index in [1.54, 1.807) is 22.7 Å². The molecule has 0 bridgehead atoms. The summed E-state index contributed by atoms with van der Waals surface area (Å²) in [5.74, 6) is -0.916. The topological polar surface area (TPSA) is 100 Å². The van der Waals surface area contributed by atoms with E-state index >= 15 is 0 Å². The first-order valence-corrected chi connectivity index (χ1v) is 13.4. The highest BCUT2D eigenvalue weighted by Crippen LogP contribution is 2.44. The number of fused-ring (bicyclic) bond motifs is 1. The molecule has 0 aliphatic carbocycles. The summed E-state index contributed by atoms with van der Waals surface area (Å²) >= 11 is 0. The molecule has 11 heteroatoms. The van der Waals surface area contributed by atoms with E-state index in [-0.39, 0.29) is 51.1 Å². The number of anilines is 1. The molecule has 41 heavy (non-hydrogen) atoms. The highest BCUT2D eigenvalue weighted by molar-refractivity contribution is 6.06. The van der Waals surface area contributed by atoms with E-state index in [0.29, 0.717) is 31.5 Å². The van der Waals surface area contributed by atoms with Gasteiger partial charge in [-0.1, -0.05) is 27.7 Å². The minimum atomic E-state index is -4.80. The van der Waals surface area contributed by atoms with Crippen molar-refractivity contribution in [3.05, 3.63) is 52.8 Å². The van der Waals surface area contributed by atoms with Crippen molar-refractivity contribution >= 4 is 28.5 Å². The normalized spacial score (nSPS) is 15.5. The number of aromatic nitrogens is 2. The lowest BCUT2D eigenvalue weighted by Crippen LogP contribution is -2.43. The van der Waals surface area contributed by atoms with Crippen LogP contribution in [0.25, 0.3) is 11.0 Å². The molecular weight excluding hydrogens is 535 g/mol. The molecule has 1 fully saturated rings. The monoisotopic (exact) mass is 569 g/mol. The van der Waals surface area contributed by atoms with Gasteiger partial charge in [-0.25, -0.2) is 4.98 Å². The van der Waals surface area contributed by atoms with Crippen LogP contribution in [-0.2, 0) is 18.0 Å². The Morgan fingerprint density at radius 1 is 1.20 bits per heavy atom. The molecule has 4 rings (SSSR count). The van der Waals surface area contributed by atoms with E-state index in [1.165, 1.54) is 25.3 Å². The van der Waals surface area contributed by atoms with Gasteiger partial charge in [-0.05, 0) is 47.9 Å². The molecule has 1 saturated heterocycles. The van der Waals surface area contributed by atoms with E-state index in [2.05, 4.69) is 10.3 Å². The average molecular weight is 570 g/mol. The molecule has 3 aromatic rings. The number of nitrogens with zero attached hydrogens (tertiary/aromatic N) is 4. The zero-order valence-electron chi connectivity index (χ0n) is 24.0. The number of halogens is 3. The van der Waals surface area contributed by atoms with Gasteiger partial charge in [-0.15, -0.1) is 0 Å². The number of carbonyl (C=O) groups is 2. The van der Waals surface area contributed by atoms with Gasteiger partial charge in [0.05, 0.1) is 30.1 Å². The lowest BCUT2D eigenvalue weighted by atomic mass is 9.80. The molecule has 1 aliphatic heterocycles. The standard InChI is InChI=1S/C30H34F3N5O3/c1-17(29(2,3)4)28(40)38-11-9-18(10-12-38)21-16-37(5)26-24(21)25(30(31,32)33)22(15-35-26)36-27(39)19-7-8-23(41-6)20(13-19)14-34/h7-8,13,15-18H,9-12H2,1-6H3,(H,36,39)/t17-/m0/s1. The van der Waals surface area contributed by atoms with Crippen LogP contribution in [0.2, 0.25) is 0 Å². The number of piperidine rings is 1. The van der Waals surface area contributed by atoms with E-state index in [1.807, 2.05) is 33.8 Å². The van der Waals surface area contributed by atoms with Crippen molar-refractivity contribution in [1.29, 1.82) is 5.26 Å². The molecule has 8 nitrogen and oxygen atoms in total. The van der Waals surface area contributed by atoms with E-state index < -0.39 is 23.3 Å². The second kappa shape index (κ2) is 11.1. The number of hydrogen-bond donors (Lipinski definition) is 1. The molecule has 218 valence electrons. The van der Waals surface area contributed by atoms with Crippen LogP contribution in [0.3, 0.4) is 0 Å². The van der Waals surface area contributed by atoms with Gasteiger partial charge in [0.2, 0.25) is 5.91 Å². The Labute approximate surface area is 237 Å². The quantitative estimate of drug-likeness (QED) is 0.400. The Hall–Kier alpha value is -4.07. The number of methoxy groups -OCH3 is 1. The smallest absolute Gasteiger partial charge is 0.419 e. The van der Waals surface area contributed by atoms with Gasteiger partial charge in [0, 0.05) is 43.2 Å². The maximum absolute atomic E-state index is 14.7. The van der Waals surface area contributed by atoms with Gasteiger partial charge in [0.25, 0.3) is 5.91 Å². The van der Waals surface area contributed by atoms with Crippen molar-refractivity contribution in [1.82, 2.24) is 14.5 Å². The molecule has 0 spiro atoms. The van der Waals surface area contributed by atoms with E-state index in [9.17, 15) is 28.0 Å². The second-order valence-corrected chi connectivity index (χ2v) is 11.6. The molecule has 1 atom stereocenters. The van der Waals surface area contributed by atoms with Crippen LogP contribution < -0.4 is 10.1 Å². The lowest BCUT2D eigenvalue weighted by molar-refractivity contribution is -0.139. The predicted molar refractivity (Wildman–Crippen MR) is 149 cm³/mol. The highest BCUT2D eigenvalue weighted by Gasteiger charge is 2.40. The van der Waals surface area contributed by atoms with Gasteiger partial charge in [0.15, 0.2) is 0 Å². The number of ether oxygens (including phenoxy) is 1. The van der Waals surface area contributed by atoms with Gasteiger partial charge < -0.3 is 19.5 Å². The summed E-state index contributed by atoms with van der Waals surface area (Å²) in [4.78, 5) is 32.1. The molecule has 3 heterocycles. The number of alkyl halides is 3. The third-order valence-corrected chi connectivity index (χ3v) is 8.04. The number of rotatable bonds is 5. The fourth-order valence-electron chi connectivity index (χ4n) is 5.26. The van der Waals surface area contributed by atoms with Crippen LogP contribution in [0, 0.1) is 22.7 Å². The number of hydrogen-bond acceptors (Lipinski definition) is 5. The molecule has 1 aliphatic rings. The maximum atomic E-state index is 14.7. The third-order valence-electron chi connectivity index (χ3n) is 8.04. The second-order valence-electron chi connectivity index (χ2n) is 11.6. The summed E-state index contributed by atoms with van der Waals surface area (Å²) in [6.45, 7) is 8.84. The average Bonchev–Trinajstić information content (AvgIpc) is 3.26. The Kier molecular flexibility index (Phi) is 8.07. The van der Waals surface area contributed by atoms with E-state index in [4.69, 9.17) is 4.74 Å². The number of benzene rings is 1. The van der Waals surface area contributed by atoms with E-state index in [0.717, 1.165) is 6.20 Å². The number of carbonyl (C=O) groups excluding carboxylic acids is 2. The lowest BCUT2D eigenvalue weighted by Gasteiger charge is -2.37. The number of nitriles is 1. The summed E-state index contributed by atoms with van der Waals surface area (Å²) in [6.07, 6.45) is -1.09. The first kappa shape index (κ1) is 29.9. The zero-order chi connectivity index (χ0) is 30.3. The molecule has 2 amide bonds. The molecule has 0 unspecified atom stereocenters. The molecule has 0 saturated carbocycles. The Balaban J connectivity index is 1.69. The van der Waals surface area contributed by atoms with Crippen molar-refractivity contribution < 1.29 is 27.5 Å². The van der Waals surface area contributed by atoms with Crippen LogP contribution in [0.4, 0.5) is 18.9 Å². The van der Waals surface area contributed by atoms with Crippen LogP contribution in [0.5, 0.6) is 5.75 Å². The molecule has 1 aromatic carbocycles. The number of nitrogens with one attached hydrogen (secondary N) is 1. The Bertz CT molecular complexity index is 1520. The Morgan fingerprint density at radius 2 is 1.85 bits per heavy atom. The predicted octanol–water partition coefficient (Wildman–Crippen LogP) is 6.11. The summed E-state index contributed by atoms with van der Waals surface area (Å²) in [6, 6.07) is 5.96. The molecule has 0 radical (unpaired) electrons. The highest BCUT2D eigenvalue weighted by atomic mass is 19.4. The van der Waals surface area contributed by atoms with Gasteiger partial charge in [-0.3, -0.25) is 9.59 Å². The fourth-order valence-corrected chi connectivity index (χ4v) is 5.26. The Morgan fingerprint density at radius 3 is 2.41 bits per heavy atom. The summed E-state index contributed by atoms with van der Waals surface area (Å²) in [5, 5.41) is 11.6. The number of likely N-dealkylation sites (tertiary alicyclic amines) is 1. The summed E-state index contributed by atoms with van der Waals surface area (Å²) in [5.41, 5.74) is -0.905. The molecular formula is C30H34F3N5O3. The SMILES string of the molecule is COc1ccc(C(=O)Nc2cnc3c(c(C4CCN(C(=O)[C@H](C)C(C)(C)C)CC4)cn3C)c2C(F)(F)F)cc1C#N. The number of pyridine rings is 1. The van der Waals surface area contributed by atoms with Crippen LogP contribution in [0.15, 0.2) is 30.6 Å². The minimum absolute atomic E-state index is 0.00498. The third kappa shape index (κ3) is 5.87. The largest absolute Gasteiger partial charge is 0.495 e. The van der Waals surface area contributed by atoms with Gasteiger partial charge in [-0.2, -0.15) is 18.4 Å². The summed E-state index contributed by atoms with van der Waals surface area (Å²) < 4.78 is 50.7. The summed E-state index contributed by atoms with van der Waals surface area (Å²) in [7, 11) is 3.01. The van der Waals surface area contributed by atoms with Crippen molar-refractivity contribution in [2.45, 2.75) is 52.6 Å². The fraction of sp³-hybridized carbons (Fsp3) is 0.467. The first-order chi connectivity index (χ1) is 19.2. The van der Waals surface area contributed by atoms with Gasteiger partial charge in [0.1, 0.15) is 17.5 Å². The van der Waals surface area contributed by atoms with Crippen LogP contribution in [-0.4, -0.2) is 46.5 Å². The van der Waals surface area contributed by atoms with Crippen molar-refractivity contribution in [3.8, 4) is 11.8 Å². The molecule has 2 aromatic heterocycles. The van der Waals surface area contributed by atoms with Crippen molar-refractivity contribution in [3.63, 3.8) is 0 Å². The molecule has 1 N–H and O–H groups in total. The van der Waals surface area contributed by atoms with Crippen molar-refractivity contribution in [2.75, 3.05) is 25.5 Å². The van der Waals surface area contributed by atoms with Crippen molar-refractivity contribution in [2.24, 2.45) is 18.4 Å². The number of aryl methyl sites for hydroxylation is 1. The van der Waals surface area contributed by atoms with Gasteiger partial charge >= 0.3 is 6.18 Å².